The zero-order valence-corrected chi connectivity index (χ0v) is 10.8. The number of ether oxygens (including phenoxy) is 1. The van der Waals surface area contributed by atoms with Crippen LogP contribution in [-0.4, -0.2) is 28.0 Å². The first-order valence-corrected chi connectivity index (χ1v) is 6.12. The van der Waals surface area contributed by atoms with Gasteiger partial charge in [0.15, 0.2) is 0 Å². The SMILES string of the molecule is CCOC(=O)C(=O)c1cc2ccc(O)cc2n1CC. The third-order valence-electron chi connectivity index (χ3n) is 2.90. The summed E-state index contributed by atoms with van der Waals surface area (Å²) >= 11 is 0. The number of hydrogen-bond acceptors (Lipinski definition) is 4. The molecule has 0 radical (unpaired) electrons. The van der Waals surface area contributed by atoms with E-state index in [4.69, 9.17) is 4.74 Å². The highest BCUT2D eigenvalue weighted by Crippen LogP contribution is 2.24. The largest absolute Gasteiger partial charge is 0.508 e. The standard InChI is InChI=1S/C14H15NO4/c1-3-15-11-8-10(16)6-5-9(11)7-12(15)13(17)14(18)19-4-2/h5-8,16H,3-4H2,1-2H3. The highest BCUT2D eigenvalue weighted by atomic mass is 16.5. The molecule has 100 valence electrons. The number of hydrogen-bond donors (Lipinski definition) is 1. The lowest BCUT2D eigenvalue weighted by Gasteiger charge is -2.06. The predicted molar refractivity (Wildman–Crippen MR) is 70.2 cm³/mol. The Morgan fingerprint density at radius 3 is 2.63 bits per heavy atom. The van der Waals surface area contributed by atoms with Gasteiger partial charge < -0.3 is 14.4 Å². The Morgan fingerprint density at radius 1 is 1.26 bits per heavy atom. The summed E-state index contributed by atoms with van der Waals surface area (Å²) in [6.07, 6.45) is 0. The Balaban J connectivity index is 2.54. The van der Waals surface area contributed by atoms with Gasteiger partial charge in [-0.25, -0.2) is 4.79 Å². The molecule has 5 heteroatoms. The summed E-state index contributed by atoms with van der Waals surface area (Å²) in [7, 11) is 0. The Morgan fingerprint density at radius 2 is 2.00 bits per heavy atom. The summed E-state index contributed by atoms with van der Waals surface area (Å²) in [6, 6.07) is 6.46. The highest BCUT2D eigenvalue weighted by Gasteiger charge is 2.22. The zero-order valence-electron chi connectivity index (χ0n) is 10.8. The average molecular weight is 261 g/mol. The van der Waals surface area contributed by atoms with Crippen LogP contribution in [0.25, 0.3) is 10.9 Å². The van der Waals surface area contributed by atoms with Crippen molar-refractivity contribution < 1.29 is 19.4 Å². The van der Waals surface area contributed by atoms with E-state index in [1.807, 2.05) is 6.92 Å². The molecule has 0 amide bonds. The smallest absolute Gasteiger partial charge is 0.381 e. The van der Waals surface area contributed by atoms with Crippen molar-refractivity contribution in [2.24, 2.45) is 0 Å². The van der Waals surface area contributed by atoms with Crippen molar-refractivity contribution in [3.8, 4) is 5.75 Å². The minimum Gasteiger partial charge on any atom is -0.508 e. The van der Waals surface area contributed by atoms with Gasteiger partial charge in [0.1, 0.15) is 5.75 Å². The van der Waals surface area contributed by atoms with Gasteiger partial charge in [-0.05, 0) is 32.0 Å². The predicted octanol–water partition coefficient (Wildman–Crippen LogP) is 2.11. The summed E-state index contributed by atoms with van der Waals surface area (Å²) in [6.45, 7) is 4.20. The van der Waals surface area contributed by atoms with Gasteiger partial charge in [0.25, 0.3) is 5.78 Å². The van der Waals surface area contributed by atoms with E-state index < -0.39 is 11.8 Å². The van der Waals surface area contributed by atoms with Crippen LogP contribution < -0.4 is 0 Å². The molecule has 1 heterocycles. The van der Waals surface area contributed by atoms with Gasteiger partial charge in [0, 0.05) is 18.0 Å². The minimum atomic E-state index is -0.857. The van der Waals surface area contributed by atoms with Crippen LogP contribution in [0.15, 0.2) is 24.3 Å². The maximum atomic E-state index is 12.0. The van der Waals surface area contributed by atoms with Crippen molar-refractivity contribution in [1.82, 2.24) is 4.57 Å². The number of aromatic nitrogens is 1. The molecule has 1 N–H and O–H groups in total. The van der Waals surface area contributed by atoms with E-state index in [0.29, 0.717) is 6.54 Å². The molecule has 0 spiro atoms. The zero-order chi connectivity index (χ0) is 14.0. The molecule has 0 atom stereocenters. The van der Waals surface area contributed by atoms with Crippen LogP contribution in [0.5, 0.6) is 5.75 Å². The van der Waals surface area contributed by atoms with Crippen LogP contribution in [0, 0.1) is 0 Å². The van der Waals surface area contributed by atoms with E-state index in [-0.39, 0.29) is 18.1 Å². The summed E-state index contributed by atoms with van der Waals surface area (Å²) in [4.78, 5) is 23.5. The number of fused-ring (bicyclic) bond motifs is 1. The lowest BCUT2D eigenvalue weighted by Crippen LogP contribution is -2.20. The van der Waals surface area contributed by atoms with Crippen molar-refractivity contribution in [2.75, 3.05) is 6.61 Å². The van der Waals surface area contributed by atoms with Gasteiger partial charge >= 0.3 is 5.97 Å². The Bertz CT molecular complexity index is 642. The van der Waals surface area contributed by atoms with Crippen LogP contribution >= 0.6 is 0 Å². The number of carbonyl (C=O) groups excluding carboxylic acids is 2. The number of carbonyl (C=O) groups is 2. The molecule has 19 heavy (non-hydrogen) atoms. The summed E-state index contributed by atoms with van der Waals surface area (Å²) in [5.41, 5.74) is 0.997. The van der Waals surface area contributed by atoms with Crippen LogP contribution in [0.4, 0.5) is 0 Å². The van der Waals surface area contributed by atoms with Gasteiger partial charge in [-0.1, -0.05) is 0 Å². The van der Waals surface area contributed by atoms with Crippen LogP contribution in [0.1, 0.15) is 24.3 Å². The number of Topliss-reactive ketones (excluding diaryl/α,β-unsaturated/α-hetero) is 1. The topological polar surface area (TPSA) is 68.5 Å². The highest BCUT2D eigenvalue weighted by molar-refractivity contribution is 6.40. The fraction of sp³-hybridized carbons (Fsp3) is 0.286. The first-order chi connectivity index (χ1) is 9.08. The average Bonchev–Trinajstić information content (AvgIpc) is 2.75. The quantitative estimate of drug-likeness (QED) is 0.520. The van der Waals surface area contributed by atoms with E-state index in [9.17, 15) is 14.7 Å². The Hall–Kier alpha value is -2.30. The van der Waals surface area contributed by atoms with Gasteiger partial charge in [-0.3, -0.25) is 4.79 Å². The number of rotatable bonds is 4. The van der Waals surface area contributed by atoms with Gasteiger partial charge in [-0.15, -0.1) is 0 Å². The number of esters is 1. The second-order valence-electron chi connectivity index (χ2n) is 4.07. The fourth-order valence-corrected chi connectivity index (χ4v) is 2.07. The summed E-state index contributed by atoms with van der Waals surface area (Å²) in [5, 5.41) is 10.3. The number of aryl methyl sites for hydroxylation is 1. The molecule has 2 aromatic rings. The van der Waals surface area contributed by atoms with Gasteiger partial charge in [0.2, 0.25) is 0 Å². The number of benzene rings is 1. The molecule has 0 aliphatic heterocycles. The number of nitrogens with zero attached hydrogens (tertiary/aromatic N) is 1. The molecule has 1 aromatic heterocycles. The molecule has 0 fully saturated rings. The van der Waals surface area contributed by atoms with E-state index in [1.165, 1.54) is 0 Å². The molecule has 0 bridgehead atoms. The number of ketones is 1. The molecule has 2 rings (SSSR count). The van der Waals surface area contributed by atoms with Crippen LogP contribution in [0.3, 0.4) is 0 Å². The normalized spacial score (nSPS) is 10.6. The van der Waals surface area contributed by atoms with E-state index in [2.05, 4.69) is 0 Å². The van der Waals surface area contributed by atoms with Crippen molar-refractivity contribution in [3.05, 3.63) is 30.0 Å². The monoisotopic (exact) mass is 261 g/mol. The summed E-state index contributed by atoms with van der Waals surface area (Å²) < 4.78 is 6.41. The first-order valence-electron chi connectivity index (χ1n) is 6.12. The molecule has 0 saturated carbocycles. The van der Waals surface area contributed by atoms with Crippen molar-refractivity contribution in [2.45, 2.75) is 20.4 Å². The molecule has 0 unspecified atom stereocenters. The Kier molecular flexibility index (Phi) is 3.55. The second-order valence-corrected chi connectivity index (χ2v) is 4.07. The molecule has 0 aliphatic rings. The Labute approximate surface area is 110 Å². The number of phenolic OH excluding ortho intramolecular Hbond substituents is 1. The van der Waals surface area contributed by atoms with Crippen molar-refractivity contribution in [1.29, 1.82) is 0 Å². The van der Waals surface area contributed by atoms with Crippen LogP contribution in [0.2, 0.25) is 0 Å². The maximum absolute atomic E-state index is 12.0. The lowest BCUT2D eigenvalue weighted by molar-refractivity contribution is -0.137. The molecule has 0 aliphatic carbocycles. The first kappa shape index (κ1) is 13.1. The fourth-order valence-electron chi connectivity index (χ4n) is 2.07. The minimum absolute atomic E-state index is 0.121. The molecular weight excluding hydrogens is 246 g/mol. The van der Waals surface area contributed by atoms with E-state index in [1.54, 1.807) is 35.8 Å². The van der Waals surface area contributed by atoms with E-state index in [0.717, 1.165) is 10.9 Å². The molecule has 0 saturated heterocycles. The third-order valence-corrected chi connectivity index (χ3v) is 2.90. The second kappa shape index (κ2) is 5.14. The summed E-state index contributed by atoms with van der Waals surface area (Å²) in [5.74, 6) is -1.40. The van der Waals surface area contributed by atoms with Gasteiger partial charge in [0.05, 0.1) is 17.8 Å². The molecule has 5 nitrogen and oxygen atoms in total. The number of phenols is 1. The maximum Gasteiger partial charge on any atom is 0.381 e. The van der Waals surface area contributed by atoms with Crippen molar-refractivity contribution >= 4 is 22.7 Å². The third kappa shape index (κ3) is 2.31. The van der Waals surface area contributed by atoms with E-state index >= 15 is 0 Å². The number of aromatic hydroxyl groups is 1. The van der Waals surface area contributed by atoms with Gasteiger partial charge in [-0.2, -0.15) is 0 Å². The molecular formula is C14H15NO4. The lowest BCUT2D eigenvalue weighted by atomic mass is 10.2. The van der Waals surface area contributed by atoms with Crippen LogP contribution in [-0.2, 0) is 16.1 Å². The van der Waals surface area contributed by atoms with Crippen molar-refractivity contribution in [3.63, 3.8) is 0 Å². The molecule has 1 aromatic carbocycles.